The fourth-order valence-corrected chi connectivity index (χ4v) is 2.23. The Hall–Kier alpha value is -1.64. The second-order valence-corrected chi connectivity index (χ2v) is 6.00. The van der Waals surface area contributed by atoms with Crippen LogP contribution in [0.1, 0.15) is 27.9 Å². The zero-order valence-electron chi connectivity index (χ0n) is 11.9. The molecule has 1 rings (SSSR count). The molecule has 1 amide bonds. The SMILES string of the molecule is Cc1ccc(C(=O)NCCCS(C)=O)c(C#CCN)c1. The first-order valence-corrected chi connectivity index (χ1v) is 8.15. The molecule has 5 heteroatoms. The molecule has 0 saturated heterocycles. The molecule has 1 aromatic rings. The van der Waals surface area contributed by atoms with Gasteiger partial charge in [-0.05, 0) is 31.0 Å². The van der Waals surface area contributed by atoms with Crippen molar-refractivity contribution in [2.24, 2.45) is 5.73 Å². The maximum absolute atomic E-state index is 12.1. The van der Waals surface area contributed by atoms with Crippen LogP contribution in [0.3, 0.4) is 0 Å². The van der Waals surface area contributed by atoms with Gasteiger partial charge >= 0.3 is 0 Å². The summed E-state index contributed by atoms with van der Waals surface area (Å²) in [7, 11) is -0.824. The van der Waals surface area contributed by atoms with Gasteiger partial charge in [0.1, 0.15) is 0 Å². The third kappa shape index (κ3) is 5.55. The van der Waals surface area contributed by atoms with Gasteiger partial charge in [-0.1, -0.05) is 17.9 Å². The van der Waals surface area contributed by atoms with E-state index in [2.05, 4.69) is 17.2 Å². The van der Waals surface area contributed by atoms with E-state index in [1.54, 1.807) is 12.3 Å². The molecule has 0 aliphatic carbocycles. The van der Waals surface area contributed by atoms with Crippen LogP contribution in [0.2, 0.25) is 0 Å². The summed E-state index contributed by atoms with van der Waals surface area (Å²) in [6.07, 6.45) is 2.35. The molecular weight excluding hydrogens is 272 g/mol. The second kappa shape index (κ2) is 8.51. The highest BCUT2D eigenvalue weighted by atomic mass is 32.2. The van der Waals surface area contributed by atoms with Gasteiger partial charge in [-0.25, -0.2) is 0 Å². The number of carbonyl (C=O) groups is 1. The van der Waals surface area contributed by atoms with E-state index in [1.807, 2.05) is 19.1 Å². The zero-order chi connectivity index (χ0) is 15.0. The minimum atomic E-state index is -0.824. The molecule has 0 fully saturated rings. The van der Waals surface area contributed by atoms with Gasteiger partial charge in [0.25, 0.3) is 5.91 Å². The number of aryl methyl sites for hydroxylation is 1. The molecule has 1 unspecified atom stereocenters. The maximum Gasteiger partial charge on any atom is 0.252 e. The summed E-state index contributed by atoms with van der Waals surface area (Å²) in [6, 6.07) is 5.52. The summed E-state index contributed by atoms with van der Waals surface area (Å²) >= 11 is 0. The maximum atomic E-state index is 12.1. The van der Waals surface area contributed by atoms with Crippen LogP contribution in [0.15, 0.2) is 18.2 Å². The average molecular weight is 292 g/mol. The highest BCUT2D eigenvalue weighted by molar-refractivity contribution is 7.84. The lowest BCUT2D eigenvalue weighted by atomic mass is 10.0. The lowest BCUT2D eigenvalue weighted by molar-refractivity contribution is 0.0953. The van der Waals surface area contributed by atoms with Gasteiger partial charge in [-0.2, -0.15) is 0 Å². The van der Waals surface area contributed by atoms with Crippen molar-refractivity contribution in [1.29, 1.82) is 0 Å². The Morgan fingerprint density at radius 3 is 2.85 bits per heavy atom. The number of hydrogen-bond acceptors (Lipinski definition) is 3. The molecule has 0 radical (unpaired) electrons. The lowest BCUT2D eigenvalue weighted by Gasteiger charge is -2.07. The lowest BCUT2D eigenvalue weighted by Crippen LogP contribution is -2.26. The highest BCUT2D eigenvalue weighted by Gasteiger charge is 2.09. The molecule has 0 heterocycles. The molecular formula is C15H20N2O2S. The summed E-state index contributed by atoms with van der Waals surface area (Å²) in [5, 5.41) is 2.82. The van der Waals surface area contributed by atoms with Crippen LogP contribution >= 0.6 is 0 Å². The molecule has 1 aromatic carbocycles. The summed E-state index contributed by atoms with van der Waals surface area (Å²) in [5.74, 6) is 6.12. The van der Waals surface area contributed by atoms with E-state index in [-0.39, 0.29) is 12.5 Å². The van der Waals surface area contributed by atoms with Crippen molar-refractivity contribution in [2.75, 3.05) is 25.1 Å². The van der Waals surface area contributed by atoms with E-state index in [0.717, 1.165) is 5.56 Å². The van der Waals surface area contributed by atoms with Gasteiger partial charge in [0, 0.05) is 34.9 Å². The van der Waals surface area contributed by atoms with E-state index < -0.39 is 10.8 Å². The van der Waals surface area contributed by atoms with Crippen LogP contribution in [0.4, 0.5) is 0 Å². The van der Waals surface area contributed by atoms with Gasteiger partial charge in [0.2, 0.25) is 0 Å². The topological polar surface area (TPSA) is 72.2 Å². The number of hydrogen-bond donors (Lipinski definition) is 2. The molecule has 108 valence electrons. The molecule has 3 N–H and O–H groups in total. The molecule has 0 bridgehead atoms. The van der Waals surface area contributed by atoms with Gasteiger partial charge in [-0.15, -0.1) is 0 Å². The molecule has 20 heavy (non-hydrogen) atoms. The predicted octanol–water partition coefficient (Wildman–Crippen LogP) is 0.804. The highest BCUT2D eigenvalue weighted by Crippen LogP contribution is 2.10. The van der Waals surface area contributed by atoms with E-state index in [4.69, 9.17) is 5.73 Å². The first kappa shape index (κ1) is 16.4. The Kier molecular flexibility index (Phi) is 6.99. The van der Waals surface area contributed by atoms with Crippen molar-refractivity contribution >= 4 is 16.7 Å². The van der Waals surface area contributed by atoms with Gasteiger partial charge < -0.3 is 11.1 Å². The Morgan fingerprint density at radius 1 is 1.45 bits per heavy atom. The van der Waals surface area contributed by atoms with Gasteiger partial charge in [-0.3, -0.25) is 9.00 Å². The van der Waals surface area contributed by atoms with Crippen LogP contribution < -0.4 is 11.1 Å². The predicted molar refractivity (Wildman–Crippen MR) is 83.0 cm³/mol. The third-order valence-corrected chi connectivity index (χ3v) is 3.50. The molecule has 0 aliphatic heterocycles. The minimum Gasteiger partial charge on any atom is -0.352 e. The van der Waals surface area contributed by atoms with Gasteiger partial charge in [0.05, 0.1) is 12.1 Å². The van der Waals surface area contributed by atoms with E-state index in [0.29, 0.717) is 29.8 Å². The molecule has 4 nitrogen and oxygen atoms in total. The molecule has 0 aliphatic rings. The fraction of sp³-hybridized carbons (Fsp3) is 0.400. The number of rotatable bonds is 5. The van der Waals surface area contributed by atoms with E-state index >= 15 is 0 Å². The second-order valence-electron chi connectivity index (χ2n) is 4.44. The monoisotopic (exact) mass is 292 g/mol. The van der Waals surface area contributed by atoms with Crippen LogP contribution in [0.5, 0.6) is 0 Å². The Balaban J connectivity index is 2.74. The van der Waals surface area contributed by atoms with Gasteiger partial charge in [0.15, 0.2) is 0 Å². The Morgan fingerprint density at radius 2 is 2.20 bits per heavy atom. The number of amides is 1. The summed E-state index contributed by atoms with van der Waals surface area (Å²) in [4.78, 5) is 12.1. The first-order chi connectivity index (χ1) is 9.54. The van der Waals surface area contributed by atoms with Crippen molar-refractivity contribution < 1.29 is 9.00 Å². The van der Waals surface area contributed by atoms with Crippen LogP contribution in [0.25, 0.3) is 0 Å². The molecule has 0 saturated carbocycles. The summed E-state index contributed by atoms with van der Waals surface area (Å²) < 4.78 is 10.9. The number of carbonyl (C=O) groups excluding carboxylic acids is 1. The van der Waals surface area contributed by atoms with Crippen molar-refractivity contribution in [3.8, 4) is 11.8 Å². The third-order valence-electron chi connectivity index (χ3n) is 2.64. The van der Waals surface area contributed by atoms with Crippen molar-refractivity contribution in [2.45, 2.75) is 13.3 Å². The largest absolute Gasteiger partial charge is 0.352 e. The van der Waals surface area contributed by atoms with Crippen molar-refractivity contribution in [3.05, 3.63) is 34.9 Å². The summed E-state index contributed by atoms with van der Waals surface area (Å²) in [5.41, 5.74) is 7.65. The molecule has 0 aromatic heterocycles. The van der Waals surface area contributed by atoms with Crippen molar-refractivity contribution in [3.63, 3.8) is 0 Å². The molecule has 1 atom stereocenters. The zero-order valence-corrected chi connectivity index (χ0v) is 12.7. The van der Waals surface area contributed by atoms with Crippen molar-refractivity contribution in [1.82, 2.24) is 5.32 Å². The standard InChI is InChI=1S/C15H20N2O2S/c1-12-6-7-14(13(11-12)5-3-8-16)15(18)17-9-4-10-20(2)19/h6-7,11H,4,8-10,16H2,1-2H3,(H,17,18). The van der Waals surface area contributed by atoms with Crippen LogP contribution in [-0.2, 0) is 10.8 Å². The molecule has 0 spiro atoms. The number of benzene rings is 1. The van der Waals surface area contributed by atoms with E-state index in [9.17, 15) is 9.00 Å². The quantitative estimate of drug-likeness (QED) is 0.623. The fourth-order valence-electron chi connectivity index (χ4n) is 1.68. The normalized spacial score (nSPS) is 11.3. The summed E-state index contributed by atoms with van der Waals surface area (Å²) in [6.45, 7) is 2.72. The smallest absolute Gasteiger partial charge is 0.252 e. The number of nitrogens with two attached hydrogens (primary N) is 1. The van der Waals surface area contributed by atoms with Crippen LogP contribution in [0, 0.1) is 18.8 Å². The Bertz CT molecular complexity index is 559. The first-order valence-electron chi connectivity index (χ1n) is 6.42. The van der Waals surface area contributed by atoms with Crippen LogP contribution in [-0.4, -0.2) is 35.2 Å². The average Bonchev–Trinajstić information content (AvgIpc) is 2.41. The number of nitrogens with one attached hydrogen (secondary N) is 1. The minimum absolute atomic E-state index is 0.159. The Labute approximate surface area is 122 Å². The van der Waals surface area contributed by atoms with E-state index in [1.165, 1.54) is 0 Å².